The second-order valence-electron chi connectivity index (χ2n) is 6.62. The molecule has 1 aromatic carbocycles. The third-order valence-corrected chi connectivity index (χ3v) is 3.27. The predicted octanol–water partition coefficient (Wildman–Crippen LogP) is 3.78. The summed E-state index contributed by atoms with van der Waals surface area (Å²) in [4.78, 5) is 0. The van der Waals surface area contributed by atoms with E-state index in [4.69, 9.17) is 4.74 Å². The van der Waals surface area contributed by atoms with E-state index in [0.717, 1.165) is 25.3 Å². The normalized spacial score (nSPS) is 11.9. The highest BCUT2D eigenvalue weighted by atomic mass is 16.5. The van der Waals surface area contributed by atoms with E-state index in [0.29, 0.717) is 5.92 Å². The Kier molecular flexibility index (Phi) is 5.86. The Balaban J connectivity index is 2.73. The molecule has 0 saturated heterocycles. The minimum Gasteiger partial charge on any atom is -0.496 e. The highest BCUT2D eigenvalue weighted by molar-refractivity contribution is 5.39. The molecule has 0 aliphatic rings. The molecule has 0 aliphatic heterocycles. The zero-order valence-corrected chi connectivity index (χ0v) is 13.3. The molecule has 108 valence electrons. The van der Waals surface area contributed by atoms with Gasteiger partial charge in [0.25, 0.3) is 0 Å². The van der Waals surface area contributed by atoms with Gasteiger partial charge in [-0.2, -0.15) is 0 Å². The summed E-state index contributed by atoms with van der Waals surface area (Å²) < 4.78 is 5.46. The average Bonchev–Trinajstić information content (AvgIpc) is 2.33. The van der Waals surface area contributed by atoms with E-state index < -0.39 is 0 Å². The van der Waals surface area contributed by atoms with Crippen molar-refractivity contribution in [1.29, 1.82) is 0 Å². The molecular weight excluding hydrogens is 234 g/mol. The second-order valence-corrected chi connectivity index (χ2v) is 6.62. The van der Waals surface area contributed by atoms with Crippen LogP contribution in [0.15, 0.2) is 18.2 Å². The topological polar surface area (TPSA) is 21.3 Å². The van der Waals surface area contributed by atoms with E-state index in [1.165, 1.54) is 11.1 Å². The van der Waals surface area contributed by atoms with Crippen molar-refractivity contribution >= 4 is 0 Å². The van der Waals surface area contributed by atoms with E-state index in [1.807, 2.05) is 0 Å². The van der Waals surface area contributed by atoms with Gasteiger partial charge in [0.05, 0.1) is 7.11 Å². The molecule has 0 unspecified atom stereocenters. The first-order chi connectivity index (χ1) is 8.84. The highest BCUT2D eigenvalue weighted by Crippen LogP contribution is 2.28. The van der Waals surface area contributed by atoms with Gasteiger partial charge >= 0.3 is 0 Å². The number of methoxy groups -OCH3 is 1. The van der Waals surface area contributed by atoms with Gasteiger partial charge in [0.15, 0.2) is 0 Å². The summed E-state index contributed by atoms with van der Waals surface area (Å²) >= 11 is 0. The Bertz CT molecular complexity index is 391. The number of rotatable bonds is 6. The smallest absolute Gasteiger partial charge is 0.122 e. The van der Waals surface area contributed by atoms with Gasteiger partial charge in [-0.1, -0.05) is 46.8 Å². The fourth-order valence-corrected chi connectivity index (χ4v) is 2.05. The lowest BCUT2D eigenvalue weighted by molar-refractivity contribution is 0.408. The van der Waals surface area contributed by atoms with Crippen LogP contribution in [0.1, 0.15) is 45.7 Å². The Morgan fingerprint density at radius 1 is 1.21 bits per heavy atom. The Morgan fingerprint density at radius 3 is 2.42 bits per heavy atom. The van der Waals surface area contributed by atoms with Gasteiger partial charge in [-0.05, 0) is 48.0 Å². The van der Waals surface area contributed by atoms with E-state index in [1.54, 1.807) is 7.11 Å². The van der Waals surface area contributed by atoms with Crippen molar-refractivity contribution in [1.82, 2.24) is 5.32 Å². The number of hydrogen-bond donors (Lipinski definition) is 1. The quantitative estimate of drug-likeness (QED) is 0.789. The SMILES string of the molecule is COc1ccc(C(C)(C)C)cc1CCNCC(C)C. The average molecular weight is 263 g/mol. The lowest BCUT2D eigenvalue weighted by Gasteiger charge is -2.21. The van der Waals surface area contributed by atoms with Crippen LogP contribution in [0.5, 0.6) is 5.75 Å². The zero-order chi connectivity index (χ0) is 14.5. The third kappa shape index (κ3) is 5.23. The standard InChI is InChI=1S/C17H29NO/c1-13(2)12-18-10-9-14-11-15(17(3,4)5)7-8-16(14)19-6/h7-8,11,13,18H,9-10,12H2,1-6H3. The monoisotopic (exact) mass is 263 g/mol. The summed E-state index contributed by atoms with van der Waals surface area (Å²) in [6.07, 6.45) is 1.01. The second kappa shape index (κ2) is 6.95. The van der Waals surface area contributed by atoms with E-state index in [9.17, 15) is 0 Å². The summed E-state index contributed by atoms with van der Waals surface area (Å²) in [6, 6.07) is 6.55. The Morgan fingerprint density at radius 2 is 1.89 bits per heavy atom. The largest absolute Gasteiger partial charge is 0.496 e. The van der Waals surface area contributed by atoms with Gasteiger partial charge in [-0.25, -0.2) is 0 Å². The first-order valence-corrected chi connectivity index (χ1v) is 7.22. The van der Waals surface area contributed by atoms with Crippen molar-refractivity contribution in [3.63, 3.8) is 0 Å². The molecule has 2 nitrogen and oxygen atoms in total. The van der Waals surface area contributed by atoms with Crippen molar-refractivity contribution < 1.29 is 4.74 Å². The van der Waals surface area contributed by atoms with E-state index in [2.05, 4.69) is 58.1 Å². The Hall–Kier alpha value is -1.02. The van der Waals surface area contributed by atoms with Gasteiger partial charge in [0.1, 0.15) is 5.75 Å². The summed E-state index contributed by atoms with van der Waals surface area (Å²) in [6.45, 7) is 13.3. The fraction of sp³-hybridized carbons (Fsp3) is 0.647. The maximum Gasteiger partial charge on any atom is 0.122 e. The molecule has 1 aromatic rings. The zero-order valence-electron chi connectivity index (χ0n) is 13.3. The van der Waals surface area contributed by atoms with Crippen LogP contribution in [0.3, 0.4) is 0 Å². The van der Waals surface area contributed by atoms with Gasteiger partial charge in [-0.15, -0.1) is 0 Å². The molecule has 1 rings (SSSR count). The van der Waals surface area contributed by atoms with Crippen LogP contribution in [0.2, 0.25) is 0 Å². The van der Waals surface area contributed by atoms with Crippen molar-refractivity contribution in [3.8, 4) is 5.75 Å². The number of benzene rings is 1. The van der Waals surface area contributed by atoms with Crippen molar-refractivity contribution in [2.75, 3.05) is 20.2 Å². The molecule has 0 amide bonds. The fourth-order valence-electron chi connectivity index (χ4n) is 2.05. The number of hydrogen-bond acceptors (Lipinski definition) is 2. The molecule has 0 aromatic heterocycles. The maximum absolute atomic E-state index is 5.46. The predicted molar refractivity (Wildman–Crippen MR) is 83.1 cm³/mol. The van der Waals surface area contributed by atoms with Gasteiger partial charge in [0, 0.05) is 0 Å². The van der Waals surface area contributed by atoms with Gasteiger partial charge in [0.2, 0.25) is 0 Å². The first-order valence-electron chi connectivity index (χ1n) is 7.22. The van der Waals surface area contributed by atoms with Crippen molar-refractivity contribution in [2.24, 2.45) is 5.92 Å². The number of ether oxygens (including phenoxy) is 1. The van der Waals surface area contributed by atoms with E-state index >= 15 is 0 Å². The van der Waals surface area contributed by atoms with Crippen LogP contribution in [0.25, 0.3) is 0 Å². The van der Waals surface area contributed by atoms with Crippen LogP contribution >= 0.6 is 0 Å². The van der Waals surface area contributed by atoms with Crippen LogP contribution in [-0.2, 0) is 11.8 Å². The lowest BCUT2D eigenvalue weighted by atomic mass is 9.85. The van der Waals surface area contributed by atoms with Crippen molar-refractivity contribution in [3.05, 3.63) is 29.3 Å². The van der Waals surface area contributed by atoms with Gasteiger partial charge < -0.3 is 10.1 Å². The molecule has 0 aliphatic carbocycles. The molecule has 0 bridgehead atoms. The lowest BCUT2D eigenvalue weighted by Crippen LogP contribution is -2.22. The summed E-state index contributed by atoms with van der Waals surface area (Å²) in [5, 5.41) is 3.49. The molecule has 0 atom stereocenters. The van der Waals surface area contributed by atoms with Crippen LogP contribution in [0.4, 0.5) is 0 Å². The van der Waals surface area contributed by atoms with Crippen LogP contribution in [-0.4, -0.2) is 20.2 Å². The third-order valence-electron chi connectivity index (χ3n) is 3.27. The van der Waals surface area contributed by atoms with Gasteiger partial charge in [-0.3, -0.25) is 0 Å². The maximum atomic E-state index is 5.46. The molecule has 0 fully saturated rings. The van der Waals surface area contributed by atoms with E-state index in [-0.39, 0.29) is 5.41 Å². The molecule has 19 heavy (non-hydrogen) atoms. The van der Waals surface area contributed by atoms with Crippen LogP contribution in [0, 0.1) is 5.92 Å². The molecular formula is C17H29NO. The summed E-state index contributed by atoms with van der Waals surface area (Å²) in [7, 11) is 1.75. The highest BCUT2D eigenvalue weighted by Gasteiger charge is 2.15. The van der Waals surface area contributed by atoms with Crippen molar-refractivity contribution in [2.45, 2.75) is 46.5 Å². The first kappa shape index (κ1) is 16.0. The molecule has 0 radical (unpaired) electrons. The molecule has 0 spiro atoms. The minimum absolute atomic E-state index is 0.187. The Labute approximate surface area is 118 Å². The van der Waals surface area contributed by atoms with Crippen LogP contribution < -0.4 is 10.1 Å². The minimum atomic E-state index is 0.187. The summed E-state index contributed by atoms with van der Waals surface area (Å²) in [5.74, 6) is 1.70. The summed E-state index contributed by atoms with van der Waals surface area (Å²) in [5.41, 5.74) is 2.85. The number of nitrogens with one attached hydrogen (secondary N) is 1. The molecule has 0 heterocycles. The molecule has 2 heteroatoms. The molecule has 1 N–H and O–H groups in total. The molecule has 0 saturated carbocycles.